The van der Waals surface area contributed by atoms with Gasteiger partial charge in [0.25, 0.3) is 0 Å². The third-order valence-electron chi connectivity index (χ3n) is 5.19. The molecule has 0 aliphatic carbocycles. The summed E-state index contributed by atoms with van der Waals surface area (Å²) in [5.74, 6) is 0.100. The molecular weight excluding hydrogens is 360 g/mol. The lowest BCUT2D eigenvalue weighted by molar-refractivity contribution is -0.131. The number of piperidine rings is 1. The van der Waals surface area contributed by atoms with Crippen LogP contribution in [0.15, 0.2) is 71.8 Å². The van der Waals surface area contributed by atoms with Crippen LogP contribution in [0.3, 0.4) is 0 Å². The van der Waals surface area contributed by atoms with E-state index in [1.54, 1.807) is 4.90 Å². The van der Waals surface area contributed by atoms with E-state index in [2.05, 4.69) is 11.8 Å². The number of Topliss-reactive ketones (excluding diaryl/α,β-unsaturated/α-hetero) is 1. The molecule has 0 bridgehead atoms. The maximum atomic E-state index is 13.1. The number of carbonyl (C=O) groups is 2. The van der Waals surface area contributed by atoms with Crippen LogP contribution in [-0.4, -0.2) is 54.7 Å². The van der Waals surface area contributed by atoms with Crippen molar-refractivity contribution in [1.29, 1.82) is 0 Å². The fourth-order valence-corrected chi connectivity index (χ4v) is 3.32. The van der Waals surface area contributed by atoms with Crippen molar-refractivity contribution in [1.82, 2.24) is 9.80 Å². The molecular formula is C25H28N2O2. The maximum Gasteiger partial charge on any atom is 0.224 e. The molecule has 1 saturated heterocycles. The predicted octanol–water partition coefficient (Wildman–Crippen LogP) is 3.91. The average molecular weight is 389 g/mol. The van der Waals surface area contributed by atoms with Crippen molar-refractivity contribution in [2.24, 2.45) is 0 Å². The van der Waals surface area contributed by atoms with Gasteiger partial charge in [-0.3, -0.25) is 9.59 Å². The van der Waals surface area contributed by atoms with Crippen molar-refractivity contribution in [3.63, 3.8) is 0 Å². The van der Waals surface area contributed by atoms with Gasteiger partial charge in [0, 0.05) is 37.2 Å². The molecule has 1 aliphatic heterocycles. The van der Waals surface area contributed by atoms with Crippen molar-refractivity contribution in [3.8, 4) is 0 Å². The number of carbonyl (C=O) groups excluding carboxylic acids is 2. The van der Waals surface area contributed by atoms with E-state index in [4.69, 9.17) is 0 Å². The van der Waals surface area contributed by atoms with Crippen molar-refractivity contribution < 1.29 is 9.59 Å². The highest BCUT2D eigenvalue weighted by Crippen LogP contribution is 2.22. The first-order valence-electron chi connectivity index (χ1n) is 10.1. The highest BCUT2D eigenvalue weighted by molar-refractivity contribution is 6.15. The number of rotatable bonds is 6. The van der Waals surface area contributed by atoms with Crippen LogP contribution in [0, 0.1) is 0 Å². The van der Waals surface area contributed by atoms with Crippen LogP contribution in [0.25, 0.3) is 12.2 Å². The molecule has 150 valence electrons. The van der Waals surface area contributed by atoms with Crippen molar-refractivity contribution in [2.45, 2.75) is 13.3 Å². The number of likely N-dealkylation sites (tertiary alicyclic amines) is 1. The summed E-state index contributed by atoms with van der Waals surface area (Å²) < 4.78 is 0. The largest absolute Gasteiger partial charge is 0.334 e. The maximum absolute atomic E-state index is 13.1. The van der Waals surface area contributed by atoms with Crippen LogP contribution in [0.4, 0.5) is 0 Å². The molecule has 0 N–H and O–H groups in total. The highest BCUT2D eigenvalue weighted by Gasteiger charge is 2.28. The van der Waals surface area contributed by atoms with Gasteiger partial charge in [0.1, 0.15) is 0 Å². The van der Waals surface area contributed by atoms with Gasteiger partial charge in [0.2, 0.25) is 5.91 Å². The molecule has 3 rings (SSSR count). The number of benzene rings is 2. The van der Waals surface area contributed by atoms with E-state index in [-0.39, 0.29) is 11.7 Å². The van der Waals surface area contributed by atoms with Crippen molar-refractivity contribution >= 4 is 23.8 Å². The smallest absolute Gasteiger partial charge is 0.224 e. The van der Waals surface area contributed by atoms with E-state index in [0.29, 0.717) is 30.7 Å². The second-order valence-electron chi connectivity index (χ2n) is 7.39. The van der Waals surface area contributed by atoms with Gasteiger partial charge in [-0.15, -0.1) is 0 Å². The Labute approximate surface area is 173 Å². The molecule has 0 unspecified atom stereocenters. The molecule has 1 fully saturated rings. The Balaban J connectivity index is 1.88. The fourth-order valence-electron chi connectivity index (χ4n) is 3.32. The summed E-state index contributed by atoms with van der Waals surface area (Å²) in [6, 6.07) is 19.6. The predicted molar refractivity (Wildman–Crippen MR) is 118 cm³/mol. The summed E-state index contributed by atoms with van der Waals surface area (Å²) in [4.78, 5) is 29.9. The molecule has 2 aromatic rings. The normalized spacial score (nSPS) is 17.3. The van der Waals surface area contributed by atoms with Crippen LogP contribution in [0.5, 0.6) is 0 Å². The molecule has 29 heavy (non-hydrogen) atoms. The summed E-state index contributed by atoms with van der Waals surface area (Å²) in [7, 11) is 2.01. The van der Waals surface area contributed by atoms with Gasteiger partial charge in [0.05, 0.1) is 0 Å². The van der Waals surface area contributed by atoms with E-state index in [9.17, 15) is 9.59 Å². The Bertz CT molecular complexity index is 839. The van der Waals surface area contributed by atoms with E-state index >= 15 is 0 Å². The number of hydrogen-bond acceptors (Lipinski definition) is 3. The SMILES string of the molecule is CCN(C)CCC(=O)N1C/C(=C\c2ccccc2)C(=O)/C(=C/c2ccccc2)C1. The number of ketones is 1. The first-order valence-corrected chi connectivity index (χ1v) is 10.1. The number of nitrogens with zero attached hydrogens (tertiary/aromatic N) is 2. The molecule has 0 saturated carbocycles. The molecule has 4 heteroatoms. The van der Waals surface area contributed by atoms with Gasteiger partial charge >= 0.3 is 0 Å². The Kier molecular flexibility index (Phi) is 7.14. The van der Waals surface area contributed by atoms with Gasteiger partial charge in [-0.2, -0.15) is 0 Å². The van der Waals surface area contributed by atoms with Crippen LogP contribution < -0.4 is 0 Å². The van der Waals surface area contributed by atoms with Gasteiger partial charge in [0.15, 0.2) is 5.78 Å². The lowest BCUT2D eigenvalue weighted by Gasteiger charge is -2.30. The number of hydrogen-bond donors (Lipinski definition) is 0. The van der Waals surface area contributed by atoms with Crippen LogP contribution in [-0.2, 0) is 9.59 Å². The molecule has 0 aromatic heterocycles. The molecule has 0 atom stereocenters. The third-order valence-corrected chi connectivity index (χ3v) is 5.19. The zero-order valence-corrected chi connectivity index (χ0v) is 17.2. The minimum absolute atomic E-state index is 0.0208. The standard InChI is InChI=1S/C25H28N2O2/c1-3-26(2)15-14-24(28)27-18-22(16-20-10-6-4-7-11-20)25(29)23(19-27)17-21-12-8-5-9-13-21/h4-13,16-17H,3,14-15,18-19H2,1-2H3/b22-16+,23-17+. The monoisotopic (exact) mass is 388 g/mol. The molecule has 1 heterocycles. The Hall–Kier alpha value is -2.98. The first-order chi connectivity index (χ1) is 14.1. The molecule has 0 spiro atoms. The van der Waals surface area contributed by atoms with Gasteiger partial charge < -0.3 is 9.80 Å². The molecule has 2 aromatic carbocycles. The number of amides is 1. The summed E-state index contributed by atoms with van der Waals surface area (Å²) in [6.07, 6.45) is 4.26. The zero-order valence-electron chi connectivity index (χ0n) is 17.2. The van der Waals surface area contributed by atoms with Crippen LogP contribution in [0.2, 0.25) is 0 Å². The molecule has 4 nitrogen and oxygen atoms in total. The lowest BCUT2D eigenvalue weighted by atomic mass is 9.94. The first kappa shape index (κ1) is 20.7. The quantitative estimate of drug-likeness (QED) is 0.705. The minimum atomic E-state index is 0.0208. The van der Waals surface area contributed by atoms with Gasteiger partial charge in [-0.05, 0) is 36.9 Å². The Morgan fingerprint density at radius 2 is 1.41 bits per heavy atom. The van der Waals surface area contributed by atoms with E-state index in [0.717, 1.165) is 24.2 Å². The van der Waals surface area contributed by atoms with Crippen LogP contribution in [0.1, 0.15) is 24.5 Å². The molecule has 1 amide bonds. The topological polar surface area (TPSA) is 40.6 Å². The van der Waals surface area contributed by atoms with Crippen molar-refractivity contribution in [2.75, 3.05) is 33.2 Å². The Morgan fingerprint density at radius 3 is 1.86 bits per heavy atom. The summed E-state index contributed by atoms with van der Waals surface area (Å²) in [5, 5.41) is 0. The fraction of sp³-hybridized carbons (Fsp3) is 0.280. The van der Waals surface area contributed by atoms with E-state index in [1.165, 1.54) is 0 Å². The summed E-state index contributed by atoms with van der Waals surface area (Å²) >= 11 is 0. The van der Waals surface area contributed by atoms with E-state index in [1.807, 2.05) is 79.9 Å². The third kappa shape index (κ3) is 5.75. The lowest BCUT2D eigenvalue weighted by Crippen LogP contribution is -2.42. The Morgan fingerprint density at radius 1 is 0.931 bits per heavy atom. The second-order valence-corrected chi connectivity index (χ2v) is 7.39. The van der Waals surface area contributed by atoms with E-state index < -0.39 is 0 Å². The highest BCUT2D eigenvalue weighted by atomic mass is 16.2. The van der Waals surface area contributed by atoms with Gasteiger partial charge in [-0.1, -0.05) is 67.6 Å². The molecule has 1 aliphatic rings. The second kappa shape index (κ2) is 9.99. The van der Waals surface area contributed by atoms with Gasteiger partial charge in [-0.25, -0.2) is 0 Å². The summed E-state index contributed by atoms with van der Waals surface area (Å²) in [5.41, 5.74) is 3.24. The van der Waals surface area contributed by atoms with Crippen molar-refractivity contribution in [3.05, 3.63) is 82.9 Å². The minimum Gasteiger partial charge on any atom is -0.334 e. The zero-order chi connectivity index (χ0) is 20.6. The molecule has 0 radical (unpaired) electrons. The van der Waals surface area contributed by atoms with Crippen LogP contribution >= 0.6 is 0 Å². The average Bonchev–Trinajstić information content (AvgIpc) is 2.75. The summed E-state index contributed by atoms with van der Waals surface area (Å²) in [6.45, 7) is 4.41.